The van der Waals surface area contributed by atoms with E-state index in [9.17, 15) is 0 Å². The molecule has 3 rings (SSSR count). The molecule has 0 saturated carbocycles. The maximum absolute atomic E-state index is 9.06. The van der Waals surface area contributed by atoms with E-state index in [2.05, 4.69) is 48.0 Å². The first-order chi connectivity index (χ1) is 10.2. The van der Waals surface area contributed by atoms with Crippen LogP contribution in [0, 0.1) is 18.3 Å². The van der Waals surface area contributed by atoms with Crippen LogP contribution < -0.4 is 4.74 Å². The molecule has 0 amide bonds. The molecule has 0 aliphatic rings. The molecule has 0 unspecified atom stereocenters. The molecule has 0 radical (unpaired) electrons. The summed E-state index contributed by atoms with van der Waals surface area (Å²) in [5.41, 5.74) is 4.10. The van der Waals surface area contributed by atoms with Gasteiger partial charge in [0.25, 0.3) is 0 Å². The molecule has 0 fully saturated rings. The van der Waals surface area contributed by atoms with Gasteiger partial charge in [0.2, 0.25) is 0 Å². The van der Waals surface area contributed by atoms with E-state index < -0.39 is 0 Å². The third-order valence-electron chi connectivity index (χ3n) is 3.68. The molecule has 3 heteroatoms. The zero-order chi connectivity index (χ0) is 14.8. The Morgan fingerprint density at radius 3 is 2.76 bits per heavy atom. The summed E-state index contributed by atoms with van der Waals surface area (Å²) in [7, 11) is 1.65. The molecule has 0 aliphatic carbocycles. The summed E-state index contributed by atoms with van der Waals surface area (Å²) in [6, 6.07) is 16.2. The number of hydrogen-bond donors (Lipinski definition) is 0. The monoisotopic (exact) mass is 276 g/mol. The second kappa shape index (κ2) is 5.34. The zero-order valence-electron chi connectivity index (χ0n) is 12.1. The number of ether oxygens (including phenoxy) is 1. The molecule has 1 heterocycles. The number of aromatic nitrogens is 1. The molecule has 0 atom stereocenters. The number of benzene rings is 2. The van der Waals surface area contributed by atoms with Gasteiger partial charge in [-0.3, -0.25) is 0 Å². The lowest BCUT2D eigenvalue weighted by atomic mass is 10.1. The topological polar surface area (TPSA) is 37.9 Å². The van der Waals surface area contributed by atoms with Gasteiger partial charge < -0.3 is 9.30 Å². The van der Waals surface area contributed by atoms with Gasteiger partial charge in [0.15, 0.2) is 0 Å². The van der Waals surface area contributed by atoms with Crippen molar-refractivity contribution in [2.45, 2.75) is 13.5 Å². The molecular weight excluding hydrogens is 260 g/mol. The molecule has 0 spiro atoms. The zero-order valence-corrected chi connectivity index (χ0v) is 12.1. The third kappa shape index (κ3) is 2.48. The van der Waals surface area contributed by atoms with Crippen molar-refractivity contribution in [1.29, 1.82) is 5.26 Å². The number of nitrogens with zero attached hydrogens (tertiary/aromatic N) is 2. The molecule has 0 N–H and O–H groups in total. The second-order valence-electron chi connectivity index (χ2n) is 5.14. The molecule has 3 aromatic rings. The Hall–Kier alpha value is -2.73. The van der Waals surface area contributed by atoms with Crippen molar-refractivity contribution in [3.63, 3.8) is 0 Å². The van der Waals surface area contributed by atoms with Crippen molar-refractivity contribution in [3.05, 3.63) is 65.4 Å². The summed E-state index contributed by atoms with van der Waals surface area (Å²) < 4.78 is 7.58. The van der Waals surface area contributed by atoms with Crippen LogP contribution in [0.25, 0.3) is 10.9 Å². The Kier molecular flexibility index (Phi) is 3.37. The van der Waals surface area contributed by atoms with Crippen molar-refractivity contribution < 1.29 is 4.74 Å². The number of methoxy groups -OCH3 is 1. The molecule has 0 aliphatic heterocycles. The summed E-state index contributed by atoms with van der Waals surface area (Å²) in [4.78, 5) is 0. The van der Waals surface area contributed by atoms with E-state index in [0.29, 0.717) is 12.1 Å². The minimum absolute atomic E-state index is 0.651. The molecule has 3 nitrogen and oxygen atoms in total. The molecule has 21 heavy (non-hydrogen) atoms. The minimum atomic E-state index is 0.651. The van der Waals surface area contributed by atoms with Gasteiger partial charge in [-0.1, -0.05) is 11.6 Å². The Labute approximate surface area is 124 Å². The summed E-state index contributed by atoms with van der Waals surface area (Å²) in [6.45, 7) is 2.78. The van der Waals surface area contributed by atoms with E-state index in [-0.39, 0.29) is 0 Å². The molecule has 1 aromatic heterocycles. The molecule has 104 valence electrons. The van der Waals surface area contributed by atoms with Gasteiger partial charge in [-0.15, -0.1) is 0 Å². The van der Waals surface area contributed by atoms with Gasteiger partial charge in [-0.25, -0.2) is 0 Å². The van der Waals surface area contributed by atoms with Gasteiger partial charge in [-0.05, 0) is 48.7 Å². The number of rotatable bonds is 3. The van der Waals surface area contributed by atoms with Crippen LogP contribution in [-0.2, 0) is 6.54 Å². The maximum atomic E-state index is 9.06. The molecule has 0 saturated heterocycles. The standard InChI is InChI=1S/C18H16N2O/c1-13-3-5-17-15(9-13)7-8-20(17)12-16-10-14(11-19)4-6-18(16)21-2/h3-10H,12H2,1-2H3. The fourth-order valence-electron chi connectivity index (χ4n) is 2.61. The average molecular weight is 276 g/mol. The van der Waals surface area contributed by atoms with E-state index in [1.807, 2.05) is 12.1 Å². The first-order valence-electron chi connectivity index (χ1n) is 6.84. The number of aryl methyl sites for hydroxylation is 1. The summed E-state index contributed by atoms with van der Waals surface area (Å²) in [5.74, 6) is 0.808. The number of nitriles is 1. The van der Waals surface area contributed by atoms with Crippen LogP contribution in [0.2, 0.25) is 0 Å². The van der Waals surface area contributed by atoms with E-state index in [4.69, 9.17) is 10.00 Å². The van der Waals surface area contributed by atoms with Gasteiger partial charge in [0.05, 0.1) is 25.3 Å². The van der Waals surface area contributed by atoms with Crippen LogP contribution in [-0.4, -0.2) is 11.7 Å². The van der Waals surface area contributed by atoms with Gasteiger partial charge in [0, 0.05) is 17.3 Å². The van der Waals surface area contributed by atoms with Crippen molar-refractivity contribution in [1.82, 2.24) is 4.57 Å². The fraction of sp³-hybridized carbons (Fsp3) is 0.167. The Morgan fingerprint density at radius 1 is 1.14 bits per heavy atom. The summed E-state index contributed by atoms with van der Waals surface area (Å²) >= 11 is 0. The normalized spacial score (nSPS) is 10.5. The quantitative estimate of drug-likeness (QED) is 0.728. The van der Waals surface area contributed by atoms with Crippen molar-refractivity contribution >= 4 is 10.9 Å². The van der Waals surface area contributed by atoms with Crippen molar-refractivity contribution in [3.8, 4) is 11.8 Å². The van der Waals surface area contributed by atoms with Crippen molar-refractivity contribution in [2.24, 2.45) is 0 Å². The van der Waals surface area contributed by atoms with E-state index in [1.165, 1.54) is 16.5 Å². The number of hydrogen-bond acceptors (Lipinski definition) is 2. The lowest BCUT2D eigenvalue weighted by molar-refractivity contribution is 0.408. The lowest BCUT2D eigenvalue weighted by Crippen LogP contribution is -2.01. The SMILES string of the molecule is COc1ccc(C#N)cc1Cn1ccc2cc(C)ccc21. The highest BCUT2D eigenvalue weighted by Gasteiger charge is 2.07. The Bertz CT molecular complexity index is 840. The smallest absolute Gasteiger partial charge is 0.123 e. The second-order valence-corrected chi connectivity index (χ2v) is 5.14. The van der Waals surface area contributed by atoms with E-state index in [1.54, 1.807) is 13.2 Å². The fourth-order valence-corrected chi connectivity index (χ4v) is 2.61. The molecule has 0 bridgehead atoms. The first kappa shape index (κ1) is 13.3. The highest BCUT2D eigenvalue weighted by atomic mass is 16.5. The highest BCUT2D eigenvalue weighted by Crippen LogP contribution is 2.24. The minimum Gasteiger partial charge on any atom is -0.496 e. The Morgan fingerprint density at radius 2 is 2.00 bits per heavy atom. The largest absolute Gasteiger partial charge is 0.496 e. The van der Waals surface area contributed by atoms with Crippen molar-refractivity contribution in [2.75, 3.05) is 7.11 Å². The first-order valence-corrected chi connectivity index (χ1v) is 6.84. The van der Waals surface area contributed by atoms with Gasteiger partial charge in [0.1, 0.15) is 5.75 Å². The predicted molar refractivity (Wildman–Crippen MR) is 83.5 cm³/mol. The third-order valence-corrected chi connectivity index (χ3v) is 3.68. The van der Waals surface area contributed by atoms with E-state index >= 15 is 0 Å². The van der Waals surface area contributed by atoms with Crippen LogP contribution in [0.1, 0.15) is 16.7 Å². The summed E-state index contributed by atoms with van der Waals surface area (Å²) in [6.07, 6.45) is 2.07. The number of fused-ring (bicyclic) bond motifs is 1. The maximum Gasteiger partial charge on any atom is 0.123 e. The van der Waals surface area contributed by atoms with Crippen LogP contribution >= 0.6 is 0 Å². The van der Waals surface area contributed by atoms with Crippen LogP contribution in [0.5, 0.6) is 5.75 Å². The van der Waals surface area contributed by atoms with Crippen LogP contribution in [0.4, 0.5) is 0 Å². The lowest BCUT2D eigenvalue weighted by Gasteiger charge is -2.11. The molecule has 2 aromatic carbocycles. The summed E-state index contributed by atoms with van der Waals surface area (Å²) in [5, 5.41) is 10.3. The van der Waals surface area contributed by atoms with Gasteiger partial charge >= 0.3 is 0 Å². The van der Waals surface area contributed by atoms with Gasteiger partial charge in [-0.2, -0.15) is 5.26 Å². The highest BCUT2D eigenvalue weighted by molar-refractivity contribution is 5.81. The van der Waals surface area contributed by atoms with E-state index in [0.717, 1.165) is 11.3 Å². The Balaban J connectivity index is 2.04. The van der Waals surface area contributed by atoms with Crippen LogP contribution in [0.3, 0.4) is 0 Å². The van der Waals surface area contributed by atoms with Crippen LogP contribution in [0.15, 0.2) is 48.7 Å². The molecular formula is C18H16N2O. The predicted octanol–water partition coefficient (Wildman–Crippen LogP) is 3.88. The average Bonchev–Trinajstić information content (AvgIpc) is 2.89.